The van der Waals surface area contributed by atoms with Gasteiger partial charge < -0.3 is 4.74 Å². The number of nitrogens with zero attached hydrogens (tertiary/aromatic N) is 1. The molecular formula is C9H15F2NO. The first-order valence-corrected chi connectivity index (χ1v) is 4.57. The molecule has 76 valence electrons. The van der Waals surface area contributed by atoms with Crippen LogP contribution in [0.1, 0.15) is 25.7 Å². The predicted octanol–water partition coefficient (Wildman–Crippen LogP) is 2.28. The molecule has 0 radical (unpaired) electrons. The zero-order chi connectivity index (χ0) is 9.73. The van der Waals surface area contributed by atoms with E-state index in [4.69, 9.17) is 4.74 Å². The van der Waals surface area contributed by atoms with Gasteiger partial charge in [-0.15, -0.1) is 0 Å². The third kappa shape index (κ3) is 3.81. The lowest BCUT2D eigenvalue weighted by Crippen LogP contribution is -2.29. The molecule has 1 aliphatic rings. The van der Waals surface area contributed by atoms with Crippen LogP contribution in [0.4, 0.5) is 8.78 Å². The van der Waals surface area contributed by atoms with Crippen molar-refractivity contribution >= 4 is 6.21 Å². The summed E-state index contributed by atoms with van der Waals surface area (Å²) in [4.78, 5) is 3.34. The van der Waals surface area contributed by atoms with Gasteiger partial charge in [0.2, 0.25) is 0 Å². The van der Waals surface area contributed by atoms with Gasteiger partial charge >= 0.3 is 0 Å². The highest BCUT2D eigenvalue weighted by atomic mass is 19.3. The van der Waals surface area contributed by atoms with Gasteiger partial charge in [-0.1, -0.05) is 0 Å². The third-order valence-electron chi connectivity index (χ3n) is 2.09. The Morgan fingerprint density at radius 3 is 2.85 bits per heavy atom. The molecule has 0 spiro atoms. The molecule has 0 aliphatic carbocycles. The molecular weight excluding hydrogens is 176 g/mol. The van der Waals surface area contributed by atoms with Gasteiger partial charge in [0.1, 0.15) is 0 Å². The Balaban J connectivity index is 2.36. The van der Waals surface area contributed by atoms with E-state index in [9.17, 15) is 8.78 Å². The zero-order valence-electron chi connectivity index (χ0n) is 7.80. The molecule has 0 bridgehead atoms. The molecule has 4 heteroatoms. The minimum atomic E-state index is -2.81. The predicted molar refractivity (Wildman–Crippen MR) is 47.6 cm³/mol. The number of halogens is 2. The fraction of sp³-hybridized carbons (Fsp3) is 0.889. The van der Waals surface area contributed by atoms with Gasteiger partial charge in [-0.3, -0.25) is 4.99 Å². The maximum absolute atomic E-state index is 13.0. The molecule has 0 aromatic carbocycles. The highest BCUT2D eigenvalue weighted by Crippen LogP contribution is 2.25. The molecule has 1 aliphatic heterocycles. The Morgan fingerprint density at radius 2 is 2.31 bits per heavy atom. The van der Waals surface area contributed by atoms with E-state index in [0.29, 0.717) is 12.8 Å². The molecule has 13 heavy (non-hydrogen) atoms. The lowest BCUT2D eigenvalue weighted by Gasteiger charge is -2.24. The highest BCUT2D eigenvalue weighted by Gasteiger charge is 2.31. The van der Waals surface area contributed by atoms with Crippen LogP contribution in [0.5, 0.6) is 0 Å². The van der Waals surface area contributed by atoms with E-state index in [1.807, 2.05) is 0 Å². The molecule has 0 aromatic heterocycles. The lowest BCUT2D eigenvalue weighted by molar-refractivity contribution is -0.0421. The summed E-state index contributed by atoms with van der Waals surface area (Å²) in [5.74, 6) is -2.81. The average molecular weight is 191 g/mol. The first-order chi connectivity index (χ1) is 6.14. The van der Waals surface area contributed by atoms with Gasteiger partial charge in [0, 0.05) is 20.1 Å². The minimum Gasteiger partial charge on any atom is -0.378 e. The van der Waals surface area contributed by atoms with Gasteiger partial charge in [-0.05, 0) is 19.3 Å². The molecule has 1 unspecified atom stereocenters. The van der Waals surface area contributed by atoms with Crippen molar-refractivity contribution in [1.29, 1.82) is 0 Å². The van der Waals surface area contributed by atoms with Crippen molar-refractivity contribution in [2.75, 3.05) is 13.7 Å². The van der Waals surface area contributed by atoms with E-state index < -0.39 is 5.92 Å². The van der Waals surface area contributed by atoms with Gasteiger partial charge in [-0.2, -0.15) is 0 Å². The van der Waals surface area contributed by atoms with Crippen LogP contribution in [-0.4, -0.2) is 31.9 Å². The molecule has 1 saturated heterocycles. The highest BCUT2D eigenvalue weighted by molar-refractivity contribution is 5.66. The third-order valence-corrected chi connectivity index (χ3v) is 2.09. The SMILES string of the molecule is C/N=C/C(F)(F)CC1CCCCO1. The first kappa shape index (κ1) is 10.6. The largest absolute Gasteiger partial charge is 0.378 e. The van der Waals surface area contributed by atoms with Crippen molar-refractivity contribution < 1.29 is 13.5 Å². The van der Waals surface area contributed by atoms with Crippen LogP contribution in [-0.2, 0) is 4.74 Å². The Hall–Kier alpha value is -0.510. The van der Waals surface area contributed by atoms with Gasteiger partial charge in [-0.25, -0.2) is 8.78 Å². The minimum absolute atomic E-state index is 0.232. The summed E-state index contributed by atoms with van der Waals surface area (Å²) in [5, 5.41) is 0. The summed E-state index contributed by atoms with van der Waals surface area (Å²) in [5.41, 5.74) is 0. The Kier molecular flexibility index (Phi) is 3.78. The van der Waals surface area contributed by atoms with Crippen molar-refractivity contribution in [3.8, 4) is 0 Å². The molecule has 1 rings (SSSR count). The average Bonchev–Trinajstić information content (AvgIpc) is 2.04. The summed E-state index contributed by atoms with van der Waals surface area (Å²) in [6, 6.07) is 0. The molecule has 0 saturated carbocycles. The Labute approximate surface area is 77.0 Å². The molecule has 2 nitrogen and oxygen atoms in total. The van der Waals surface area contributed by atoms with E-state index in [-0.39, 0.29) is 12.5 Å². The van der Waals surface area contributed by atoms with Crippen LogP contribution in [0.2, 0.25) is 0 Å². The summed E-state index contributed by atoms with van der Waals surface area (Å²) in [6.07, 6.45) is 2.90. The normalized spacial score (nSPS) is 25.3. The first-order valence-electron chi connectivity index (χ1n) is 4.57. The monoisotopic (exact) mass is 191 g/mol. The number of aliphatic imine (C=N–C) groups is 1. The van der Waals surface area contributed by atoms with Crippen LogP contribution in [0.3, 0.4) is 0 Å². The van der Waals surface area contributed by atoms with Crippen molar-refractivity contribution in [2.24, 2.45) is 4.99 Å². The second kappa shape index (κ2) is 4.65. The summed E-state index contributed by atoms with van der Waals surface area (Å²) in [7, 11) is 1.36. The molecule has 0 aromatic rings. The lowest BCUT2D eigenvalue weighted by atomic mass is 10.0. The number of hydrogen-bond donors (Lipinski definition) is 0. The smallest absolute Gasteiger partial charge is 0.285 e. The van der Waals surface area contributed by atoms with E-state index in [0.717, 1.165) is 19.3 Å². The van der Waals surface area contributed by atoms with Crippen molar-refractivity contribution in [3.63, 3.8) is 0 Å². The van der Waals surface area contributed by atoms with Crippen LogP contribution in [0.25, 0.3) is 0 Å². The number of alkyl halides is 2. The topological polar surface area (TPSA) is 21.6 Å². The van der Waals surface area contributed by atoms with Gasteiger partial charge in [0.25, 0.3) is 5.92 Å². The maximum Gasteiger partial charge on any atom is 0.285 e. The standard InChI is InChI=1S/C9H15F2NO/c1-12-7-9(10,11)6-8-4-2-3-5-13-8/h7-8H,2-6H2,1H3/b12-7+. The van der Waals surface area contributed by atoms with Crippen molar-refractivity contribution in [1.82, 2.24) is 0 Å². The molecule has 1 heterocycles. The number of ether oxygens (including phenoxy) is 1. The van der Waals surface area contributed by atoms with Crippen LogP contribution in [0.15, 0.2) is 4.99 Å². The Morgan fingerprint density at radius 1 is 1.54 bits per heavy atom. The van der Waals surface area contributed by atoms with E-state index in [2.05, 4.69) is 4.99 Å². The quantitative estimate of drug-likeness (QED) is 0.627. The van der Waals surface area contributed by atoms with E-state index >= 15 is 0 Å². The summed E-state index contributed by atoms with van der Waals surface area (Å²) < 4.78 is 31.2. The van der Waals surface area contributed by atoms with Crippen LogP contribution < -0.4 is 0 Å². The maximum atomic E-state index is 13.0. The van der Waals surface area contributed by atoms with Crippen LogP contribution in [0, 0.1) is 0 Å². The molecule has 1 fully saturated rings. The van der Waals surface area contributed by atoms with Gasteiger partial charge in [0.05, 0.1) is 12.3 Å². The second-order valence-electron chi connectivity index (χ2n) is 3.34. The fourth-order valence-electron chi connectivity index (χ4n) is 1.51. The molecule has 0 N–H and O–H groups in total. The fourth-order valence-corrected chi connectivity index (χ4v) is 1.51. The van der Waals surface area contributed by atoms with Crippen LogP contribution >= 0.6 is 0 Å². The van der Waals surface area contributed by atoms with E-state index in [1.165, 1.54) is 7.05 Å². The summed E-state index contributed by atoms with van der Waals surface area (Å²) >= 11 is 0. The second-order valence-corrected chi connectivity index (χ2v) is 3.34. The van der Waals surface area contributed by atoms with E-state index in [1.54, 1.807) is 0 Å². The number of rotatable bonds is 3. The molecule has 1 atom stereocenters. The van der Waals surface area contributed by atoms with Crippen molar-refractivity contribution in [3.05, 3.63) is 0 Å². The number of hydrogen-bond acceptors (Lipinski definition) is 2. The zero-order valence-corrected chi connectivity index (χ0v) is 7.80. The molecule has 0 amide bonds. The summed E-state index contributed by atoms with van der Waals surface area (Å²) in [6.45, 7) is 0.615. The van der Waals surface area contributed by atoms with Crippen molar-refractivity contribution in [2.45, 2.75) is 37.7 Å². The van der Waals surface area contributed by atoms with Gasteiger partial charge in [0.15, 0.2) is 0 Å². The Bertz CT molecular complexity index is 176.